The number of hydrogen-bond acceptors (Lipinski definition) is 5. The number of nitrogens with zero attached hydrogens (tertiary/aromatic N) is 4. The van der Waals surface area contributed by atoms with Gasteiger partial charge in [-0.15, -0.1) is 16.4 Å². The van der Waals surface area contributed by atoms with Gasteiger partial charge >= 0.3 is 0 Å². The monoisotopic (exact) mass is 376 g/mol. The van der Waals surface area contributed by atoms with Crippen LogP contribution in [-0.2, 0) is 6.42 Å². The van der Waals surface area contributed by atoms with Crippen molar-refractivity contribution in [2.45, 2.75) is 6.42 Å². The third kappa shape index (κ3) is 2.69. The average Bonchev–Trinajstić information content (AvgIpc) is 3.33. The molecule has 1 aliphatic rings. The van der Waals surface area contributed by atoms with Crippen molar-refractivity contribution in [1.29, 1.82) is 0 Å². The van der Waals surface area contributed by atoms with Crippen molar-refractivity contribution >= 4 is 49.6 Å². The second-order valence-corrected chi connectivity index (χ2v) is 7.55. The number of pyridine rings is 1. The quantitative estimate of drug-likeness (QED) is 0.441. The van der Waals surface area contributed by atoms with Crippen LogP contribution in [0, 0.1) is 0 Å². The molecule has 0 amide bonds. The highest BCUT2D eigenvalue weighted by Gasteiger charge is 2.13. The molecule has 126 valence electrons. The van der Waals surface area contributed by atoms with Crippen molar-refractivity contribution in [3.05, 3.63) is 75.8 Å². The molecule has 1 aliphatic heterocycles. The maximum atomic E-state index is 6.15. The number of fused-ring (bicyclic) bond motifs is 3. The lowest BCUT2D eigenvalue weighted by molar-refractivity contribution is 1.06. The molecule has 0 atom stereocenters. The predicted octanol–water partition coefficient (Wildman–Crippen LogP) is 5.86. The van der Waals surface area contributed by atoms with Crippen LogP contribution in [0.1, 0.15) is 16.8 Å². The van der Waals surface area contributed by atoms with Gasteiger partial charge in [0.15, 0.2) is 0 Å². The maximum absolute atomic E-state index is 6.15. The van der Waals surface area contributed by atoms with Crippen LogP contribution in [0.5, 0.6) is 0 Å². The SMILES string of the molecule is Clc1cccc(Cc2nc3cc(C4=NN=NC4)ccc3c3sccc23)c1. The van der Waals surface area contributed by atoms with Gasteiger partial charge in [-0.2, -0.15) is 5.11 Å². The van der Waals surface area contributed by atoms with Crippen LogP contribution in [0.15, 0.2) is 69.3 Å². The lowest BCUT2D eigenvalue weighted by Crippen LogP contribution is -2.02. The van der Waals surface area contributed by atoms with E-state index in [0.29, 0.717) is 6.54 Å². The lowest BCUT2D eigenvalue weighted by atomic mass is 10.0. The van der Waals surface area contributed by atoms with Crippen LogP contribution >= 0.6 is 22.9 Å². The fraction of sp³-hybridized carbons (Fsp3) is 0.100. The Bertz CT molecular complexity index is 1210. The van der Waals surface area contributed by atoms with Gasteiger partial charge in [0, 0.05) is 32.5 Å². The Morgan fingerprint density at radius 1 is 1.04 bits per heavy atom. The van der Waals surface area contributed by atoms with Crippen molar-refractivity contribution in [3.63, 3.8) is 0 Å². The first-order valence-electron chi connectivity index (χ1n) is 8.26. The molecule has 0 unspecified atom stereocenters. The first-order chi connectivity index (χ1) is 12.8. The van der Waals surface area contributed by atoms with Crippen LogP contribution < -0.4 is 0 Å². The minimum Gasteiger partial charge on any atom is -0.252 e. The van der Waals surface area contributed by atoms with Gasteiger partial charge < -0.3 is 0 Å². The van der Waals surface area contributed by atoms with Crippen molar-refractivity contribution in [3.8, 4) is 0 Å². The molecule has 2 aromatic carbocycles. The molecule has 0 radical (unpaired) electrons. The van der Waals surface area contributed by atoms with E-state index in [4.69, 9.17) is 16.6 Å². The fourth-order valence-corrected chi connectivity index (χ4v) is 4.45. The van der Waals surface area contributed by atoms with Gasteiger partial charge in [0.25, 0.3) is 0 Å². The summed E-state index contributed by atoms with van der Waals surface area (Å²) in [7, 11) is 0. The van der Waals surface area contributed by atoms with Gasteiger partial charge in [-0.1, -0.05) is 35.9 Å². The Kier molecular flexibility index (Phi) is 3.76. The van der Waals surface area contributed by atoms with E-state index < -0.39 is 0 Å². The number of hydrogen-bond donors (Lipinski definition) is 0. The van der Waals surface area contributed by atoms with Gasteiger partial charge in [0.2, 0.25) is 0 Å². The molecule has 4 nitrogen and oxygen atoms in total. The van der Waals surface area contributed by atoms with E-state index in [1.165, 1.54) is 15.5 Å². The summed E-state index contributed by atoms with van der Waals surface area (Å²) in [5, 5.41) is 17.0. The van der Waals surface area contributed by atoms with E-state index in [0.717, 1.165) is 39.5 Å². The highest BCUT2D eigenvalue weighted by atomic mass is 35.5. The predicted molar refractivity (Wildman–Crippen MR) is 108 cm³/mol. The first-order valence-corrected chi connectivity index (χ1v) is 9.52. The summed E-state index contributed by atoms with van der Waals surface area (Å²) >= 11 is 7.90. The minimum atomic E-state index is 0.530. The highest BCUT2D eigenvalue weighted by molar-refractivity contribution is 7.18. The van der Waals surface area contributed by atoms with Crippen LogP contribution in [0.25, 0.3) is 21.0 Å². The summed E-state index contributed by atoms with van der Waals surface area (Å²) < 4.78 is 1.27. The van der Waals surface area contributed by atoms with Crippen molar-refractivity contribution < 1.29 is 0 Å². The zero-order valence-corrected chi connectivity index (χ0v) is 15.3. The molecule has 0 bridgehead atoms. The van der Waals surface area contributed by atoms with Crippen LogP contribution in [0.3, 0.4) is 0 Å². The molecule has 3 heterocycles. The Morgan fingerprint density at radius 3 is 2.85 bits per heavy atom. The summed E-state index contributed by atoms with van der Waals surface area (Å²) in [6.45, 7) is 0.530. The standard InChI is InChI=1S/C20H13ClN4S/c21-14-3-1-2-12(8-14)9-17-16-6-7-26-20(16)15-5-4-13(10-18(15)23-17)19-11-22-25-24-19/h1-8,10H,9,11H2. The van der Waals surface area contributed by atoms with E-state index in [-0.39, 0.29) is 0 Å². The smallest absolute Gasteiger partial charge is 0.107 e. The van der Waals surface area contributed by atoms with Crippen molar-refractivity contribution in [2.75, 3.05) is 6.54 Å². The Hall–Kier alpha value is -2.63. The summed E-state index contributed by atoms with van der Waals surface area (Å²) in [6.07, 6.45) is 0.750. The highest BCUT2D eigenvalue weighted by Crippen LogP contribution is 2.32. The molecular weight excluding hydrogens is 364 g/mol. The third-order valence-corrected chi connectivity index (χ3v) is 5.70. The molecule has 6 heteroatoms. The largest absolute Gasteiger partial charge is 0.252 e. The zero-order valence-electron chi connectivity index (χ0n) is 13.7. The van der Waals surface area contributed by atoms with Gasteiger partial charge in [-0.05, 0) is 40.4 Å². The molecule has 0 saturated heterocycles. The molecule has 0 N–H and O–H groups in total. The number of benzene rings is 2. The molecule has 0 fully saturated rings. The van der Waals surface area contributed by atoms with E-state index in [9.17, 15) is 0 Å². The summed E-state index contributed by atoms with van der Waals surface area (Å²) in [6, 6.07) is 16.4. The van der Waals surface area contributed by atoms with Gasteiger partial charge in [0.1, 0.15) is 6.54 Å². The molecule has 0 saturated carbocycles. The normalized spacial score (nSPS) is 13.7. The Morgan fingerprint density at radius 2 is 2.00 bits per heavy atom. The second kappa shape index (κ2) is 6.27. The van der Waals surface area contributed by atoms with Crippen LogP contribution in [-0.4, -0.2) is 17.2 Å². The molecule has 26 heavy (non-hydrogen) atoms. The fourth-order valence-electron chi connectivity index (χ4n) is 3.29. The third-order valence-electron chi connectivity index (χ3n) is 4.52. The van der Waals surface area contributed by atoms with E-state index in [1.54, 1.807) is 11.3 Å². The van der Waals surface area contributed by atoms with Gasteiger partial charge in [-0.3, -0.25) is 4.98 Å². The number of thiophene rings is 1. The van der Waals surface area contributed by atoms with E-state index in [2.05, 4.69) is 51.2 Å². The minimum absolute atomic E-state index is 0.530. The molecule has 0 spiro atoms. The average molecular weight is 377 g/mol. The number of rotatable bonds is 3. The lowest BCUT2D eigenvalue weighted by Gasteiger charge is -2.08. The van der Waals surface area contributed by atoms with Crippen molar-refractivity contribution in [1.82, 2.24) is 4.98 Å². The first kappa shape index (κ1) is 15.6. The molecule has 4 aromatic rings. The second-order valence-electron chi connectivity index (χ2n) is 6.20. The summed E-state index contributed by atoms with van der Waals surface area (Å²) in [4.78, 5) is 4.98. The maximum Gasteiger partial charge on any atom is 0.107 e. The van der Waals surface area contributed by atoms with E-state index in [1.807, 2.05) is 18.2 Å². The number of halogens is 1. The van der Waals surface area contributed by atoms with Gasteiger partial charge in [-0.25, -0.2) is 0 Å². The Balaban J connectivity index is 1.67. The Labute approximate surface area is 158 Å². The van der Waals surface area contributed by atoms with Crippen LogP contribution in [0.4, 0.5) is 0 Å². The molecule has 0 aliphatic carbocycles. The number of aromatic nitrogens is 1. The molecule has 2 aromatic heterocycles. The molecular formula is C20H13ClN4S. The topological polar surface area (TPSA) is 50.0 Å². The zero-order chi connectivity index (χ0) is 17.5. The summed E-state index contributed by atoms with van der Waals surface area (Å²) in [5.41, 5.74) is 5.11. The summed E-state index contributed by atoms with van der Waals surface area (Å²) in [5.74, 6) is 0. The van der Waals surface area contributed by atoms with Gasteiger partial charge in [0.05, 0.1) is 16.9 Å². The van der Waals surface area contributed by atoms with Crippen molar-refractivity contribution in [2.24, 2.45) is 15.4 Å². The van der Waals surface area contributed by atoms with Crippen LogP contribution in [0.2, 0.25) is 5.02 Å². The van der Waals surface area contributed by atoms with E-state index >= 15 is 0 Å². The molecule has 5 rings (SSSR count).